The molecule has 0 atom stereocenters. The monoisotopic (exact) mass is 536 g/mol. The normalized spacial score (nSPS) is 18.4. The van der Waals surface area contributed by atoms with Gasteiger partial charge in [0.15, 0.2) is 0 Å². The van der Waals surface area contributed by atoms with Crippen LogP contribution >= 0.6 is 0 Å². The fraction of sp³-hybridized carbons (Fsp3) is 0.625. The zero-order valence-corrected chi connectivity index (χ0v) is 24.9. The van der Waals surface area contributed by atoms with E-state index in [2.05, 4.69) is 66.2 Å². The number of carbonyl (C=O) groups is 1. The average molecular weight is 537 g/mol. The van der Waals surface area contributed by atoms with Crippen molar-refractivity contribution in [2.75, 3.05) is 32.7 Å². The van der Waals surface area contributed by atoms with Gasteiger partial charge in [0.25, 0.3) is 5.56 Å². The number of hydrogen-bond acceptors (Lipinski definition) is 4. The van der Waals surface area contributed by atoms with Crippen molar-refractivity contribution in [3.8, 4) is 0 Å². The summed E-state index contributed by atoms with van der Waals surface area (Å²) in [6.07, 6.45) is 10.6. The summed E-state index contributed by atoms with van der Waals surface area (Å²) in [6.45, 7) is 17.1. The summed E-state index contributed by atoms with van der Waals surface area (Å²) in [6, 6.07) is 6.53. The number of nitrogens with zero attached hydrogens (tertiary/aromatic N) is 2. The number of aromatic amines is 2. The Kier molecular flexibility index (Phi) is 9.10. The summed E-state index contributed by atoms with van der Waals surface area (Å²) in [5, 5.41) is 5.79. The lowest BCUT2D eigenvalue weighted by Gasteiger charge is -2.47. The van der Waals surface area contributed by atoms with Crippen molar-refractivity contribution in [1.82, 2.24) is 20.0 Å². The van der Waals surface area contributed by atoms with E-state index < -0.39 is 5.60 Å². The molecular formula is C32H48N4O3. The second-order valence-corrected chi connectivity index (χ2v) is 13.0. The van der Waals surface area contributed by atoms with Crippen molar-refractivity contribution in [1.29, 1.82) is 0 Å². The molecule has 214 valence electrons. The fourth-order valence-corrected chi connectivity index (χ4v) is 6.15. The Hall–Kier alpha value is -2.80. The Bertz CT molecular complexity index is 1210. The number of rotatable bonds is 7. The van der Waals surface area contributed by atoms with Crippen LogP contribution in [0, 0.1) is 12.3 Å². The van der Waals surface area contributed by atoms with Crippen LogP contribution in [-0.4, -0.2) is 64.4 Å². The average Bonchev–Trinajstić information content (AvgIpc) is 3.23. The summed E-state index contributed by atoms with van der Waals surface area (Å²) in [5.41, 5.74) is 5.32. The van der Waals surface area contributed by atoms with Crippen LogP contribution < -0.4 is 5.56 Å². The van der Waals surface area contributed by atoms with Gasteiger partial charge in [0, 0.05) is 43.9 Å². The van der Waals surface area contributed by atoms with E-state index in [9.17, 15) is 9.59 Å². The maximum atomic E-state index is 12.5. The molecule has 1 spiro atoms. The highest BCUT2D eigenvalue weighted by Gasteiger charge is 2.39. The van der Waals surface area contributed by atoms with E-state index in [1.54, 1.807) is 0 Å². The molecule has 1 amide bonds. The molecule has 0 unspecified atom stereocenters. The highest BCUT2D eigenvalue weighted by atomic mass is 16.6. The number of hydrogen-bond donors (Lipinski definition) is 2. The van der Waals surface area contributed by atoms with E-state index >= 15 is 0 Å². The minimum Gasteiger partial charge on any atom is -0.444 e. The van der Waals surface area contributed by atoms with Crippen molar-refractivity contribution in [2.24, 2.45) is 5.41 Å². The van der Waals surface area contributed by atoms with E-state index in [1.807, 2.05) is 25.7 Å². The summed E-state index contributed by atoms with van der Waals surface area (Å²) in [5.74, 6) is 0.279. The molecular weight excluding hydrogens is 488 g/mol. The van der Waals surface area contributed by atoms with E-state index in [-0.39, 0.29) is 17.6 Å². The summed E-state index contributed by atoms with van der Waals surface area (Å²) in [4.78, 5) is 29.3. The van der Waals surface area contributed by atoms with Crippen molar-refractivity contribution in [2.45, 2.75) is 91.6 Å². The molecule has 7 heteroatoms. The van der Waals surface area contributed by atoms with E-state index in [1.165, 1.54) is 29.5 Å². The second kappa shape index (κ2) is 12.2. The van der Waals surface area contributed by atoms with Crippen LogP contribution in [0.1, 0.15) is 101 Å². The zero-order chi connectivity index (χ0) is 28.2. The van der Waals surface area contributed by atoms with Gasteiger partial charge < -0.3 is 19.6 Å². The van der Waals surface area contributed by atoms with Gasteiger partial charge in [0.1, 0.15) is 5.60 Å². The smallest absolute Gasteiger partial charge is 0.410 e. The first-order valence-corrected chi connectivity index (χ1v) is 14.7. The molecule has 7 nitrogen and oxygen atoms in total. The Balaban J connectivity index is 1.26. The predicted octanol–water partition coefficient (Wildman–Crippen LogP) is 6.24. The molecule has 0 bridgehead atoms. The minimum absolute atomic E-state index is 0.0184. The van der Waals surface area contributed by atoms with Crippen molar-refractivity contribution in [3.63, 3.8) is 0 Å². The number of H-pyrrole nitrogens is 2. The number of likely N-dealkylation sites (tertiary alicyclic amines) is 2. The molecule has 0 aliphatic carbocycles. The fourth-order valence-electron chi connectivity index (χ4n) is 6.15. The Morgan fingerprint density at radius 2 is 1.87 bits per heavy atom. The standard InChI is InChI=1S/C32H48N4O3/c1-23(2)28-27(29(37)34-33-28)21-26-12-11-25(20-24(26)3)10-7-8-16-35-17-9-13-32(22-35)14-18-36(19-15-32)30(38)39-31(4,5)6/h7,10-12,20,23H,8-9,13-19,21-22H2,1-6H3,(H2,33,34,37)/b10-7+. The molecule has 1 aromatic carbocycles. The van der Waals surface area contributed by atoms with Gasteiger partial charge in [-0.2, -0.15) is 0 Å². The van der Waals surface area contributed by atoms with E-state index in [4.69, 9.17) is 4.74 Å². The molecule has 2 aromatic rings. The Morgan fingerprint density at radius 1 is 1.13 bits per heavy atom. The van der Waals surface area contributed by atoms with Crippen LogP contribution in [0.2, 0.25) is 0 Å². The number of piperidine rings is 2. The highest BCUT2D eigenvalue weighted by Crippen LogP contribution is 2.40. The van der Waals surface area contributed by atoms with Gasteiger partial charge in [0.05, 0.1) is 0 Å². The molecule has 4 rings (SSSR count). The van der Waals surface area contributed by atoms with Gasteiger partial charge in [-0.25, -0.2) is 4.79 Å². The van der Waals surface area contributed by atoms with Crippen LogP contribution in [0.3, 0.4) is 0 Å². The maximum absolute atomic E-state index is 12.5. The summed E-state index contributed by atoms with van der Waals surface area (Å²) in [7, 11) is 0. The van der Waals surface area contributed by atoms with Crippen molar-refractivity contribution in [3.05, 3.63) is 62.6 Å². The van der Waals surface area contributed by atoms with Gasteiger partial charge in [0.2, 0.25) is 0 Å². The van der Waals surface area contributed by atoms with Gasteiger partial charge in [-0.05, 0) is 94.4 Å². The van der Waals surface area contributed by atoms with Crippen LogP contribution in [0.4, 0.5) is 4.79 Å². The SMILES string of the molecule is Cc1cc(/C=C/CCN2CCCC3(CCN(C(=O)OC(C)(C)C)CC3)C2)ccc1Cc1c(C(C)C)[nH][nH]c1=O. The third-order valence-electron chi connectivity index (χ3n) is 8.36. The molecule has 0 saturated carbocycles. The van der Waals surface area contributed by atoms with Crippen molar-refractivity contribution >= 4 is 12.2 Å². The summed E-state index contributed by atoms with van der Waals surface area (Å²) >= 11 is 0. The molecule has 1 aromatic heterocycles. The molecule has 2 N–H and O–H groups in total. The van der Waals surface area contributed by atoms with E-state index in [0.717, 1.165) is 63.2 Å². The van der Waals surface area contributed by atoms with Gasteiger partial charge in [-0.1, -0.05) is 44.2 Å². The largest absolute Gasteiger partial charge is 0.444 e. The predicted molar refractivity (Wildman–Crippen MR) is 158 cm³/mol. The van der Waals surface area contributed by atoms with Gasteiger partial charge in [-0.15, -0.1) is 0 Å². The topological polar surface area (TPSA) is 81.4 Å². The van der Waals surface area contributed by atoms with Crippen molar-refractivity contribution < 1.29 is 9.53 Å². The number of nitrogens with one attached hydrogen (secondary N) is 2. The number of carbonyl (C=O) groups excluding carboxylic acids is 1. The first-order valence-electron chi connectivity index (χ1n) is 14.7. The molecule has 0 radical (unpaired) electrons. The maximum Gasteiger partial charge on any atom is 0.410 e. The lowest BCUT2D eigenvalue weighted by molar-refractivity contribution is -0.00596. The van der Waals surface area contributed by atoms with E-state index in [0.29, 0.717) is 11.8 Å². The quantitative estimate of drug-likeness (QED) is 0.439. The number of benzene rings is 1. The number of amides is 1. The van der Waals surface area contributed by atoms with Crippen LogP contribution in [-0.2, 0) is 11.2 Å². The molecule has 2 saturated heterocycles. The minimum atomic E-state index is -0.442. The molecule has 3 heterocycles. The second-order valence-electron chi connectivity index (χ2n) is 13.0. The lowest BCUT2D eigenvalue weighted by atomic mass is 9.72. The number of aryl methyl sites for hydroxylation is 1. The third-order valence-corrected chi connectivity index (χ3v) is 8.36. The molecule has 39 heavy (non-hydrogen) atoms. The zero-order valence-electron chi connectivity index (χ0n) is 24.9. The Morgan fingerprint density at radius 3 is 2.54 bits per heavy atom. The first-order chi connectivity index (χ1) is 18.4. The Labute approximate surface area is 234 Å². The first kappa shape index (κ1) is 29.2. The number of aromatic nitrogens is 2. The summed E-state index contributed by atoms with van der Waals surface area (Å²) < 4.78 is 5.58. The molecule has 2 fully saturated rings. The third kappa shape index (κ3) is 7.65. The highest BCUT2D eigenvalue weighted by molar-refractivity contribution is 5.68. The van der Waals surface area contributed by atoms with Crippen LogP contribution in [0.25, 0.3) is 6.08 Å². The van der Waals surface area contributed by atoms with Gasteiger partial charge >= 0.3 is 6.09 Å². The lowest BCUT2D eigenvalue weighted by Crippen LogP contribution is -2.51. The number of ether oxygens (including phenoxy) is 1. The van der Waals surface area contributed by atoms with Gasteiger partial charge in [-0.3, -0.25) is 9.89 Å². The molecule has 2 aliphatic rings. The van der Waals surface area contributed by atoms with Crippen LogP contribution in [0.15, 0.2) is 29.1 Å². The van der Waals surface area contributed by atoms with Crippen LogP contribution in [0.5, 0.6) is 0 Å². The molecule has 2 aliphatic heterocycles.